The number of nitrogens with zero attached hydrogens (tertiary/aromatic N) is 1. The molecule has 2 unspecified atom stereocenters. The van der Waals surface area contributed by atoms with Crippen molar-refractivity contribution in [2.24, 2.45) is 11.8 Å². The lowest BCUT2D eigenvalue weighted by Gasteiger charge is -2.51. The number of carboxylic acid groups (broad SMARTS) is 1. The van der Waals surface area contributed by atoms with Crippen LogP contribution in [0.5, 0.6) is 5.75 Å². The number of hydrogen-bond acceptors (Lipinski definition) is 3. The van der Waals surface area contributed by atoms with Gasteiger partial charge in [-0.1, -0.05) is 24.6 Å². The third-order valence-corrected chi connectivity index (χ3v) is 9.03. The van der Waals surface area contributed by atoms with Crippen molar-refractivity contribution < 1.29 is 41.0 Å². The van der Waals surface area contributed by atoms with Gasteiger partial charge in [0, 0.05) is 18.1 Å². The lowest BCUT2D eigenvalue weighted by atomic mass is 9.77. The molecule has 3 aliphatic rings. The average Bonchev–Trinajstić information content (AvgIpc) is 2.86. The fourth-order valence-electron chi connectivity index (χ4n) is 7.09. The van der Waals surface area contributed by atoms with E-state index in [9.17, 15) is 36.2 Å². The molecule has 2 aliphatic heterocycles. The highest BCUT2D eigenvalue weighted by molar-refractivity contribution is 5.89. The monoisotopic (exact) mass is 557 g/mol. The molecule has 0 amide bonds. The number of alkyl halides is 6. The molecule has 2 heterocycles. The topological polar surface area (TPSA) is 49.8 Å². The third kappa shape index (κ3) is 5.72. The Hall–Kier alpha value is -2.49. The van der Waals surface area contributed by atoms with Crippen molar-refractivity contribution >= 4 is 16.7 Å². The van der Waals surface area contributed by atoms with Crippen molar-refractivity contribution in [2.45, 2.75) is 101 Å². The van der Waals surface area contributed by atoms with Gasteiger partial charge in [0.15, 0.2) is 0 Å². The number of piperidine rings is 2. The number of rotatable bonds is 5. The second-order valence-corrected chi connectivity index (χ2v) is 11.4. The molecule has 2 aromatic carbocycles. The van der Waals surface area contributed by atoms with Crippen LogP contribution in [-0.2, 0) is 11.0 Å². The van der Waals surface area contributed by atoms with Gasteiger partial charge in [0.05, 0.1) is 17.9 Å². The Bertz CT molecular complexity index is 1190. The van der Waals surface area contributed by atoms with E-state index in [1.807, 2.05) is 6.92 Å². The second-order valence-electron chi connectivity index (χ2n) is 11.4. The Morgan fingerprint density at radius 1 is 0.949 bits per heavy atom. The molecule has 3 atom stereocenters. The van der Waals surface area contributed by atoms with E-state index in [2.05, 4.69) is 4.90 Å². The van der Waals surface area contributed by atoms with E-state index in [-0.39, 0.29) is 60.9 Å². The third-order valence-electron chi connectivity index (χ3n) is 9.03. The molecular formula is C29H33F6NO3. The van der Waals surface area contributed by atoms with Crippen LogP contribution in [0.2, 0.25) is 0 Å². The van der Waals surface area contributed by atoms with E-state index < -0.39 is 35.9 Å². The van der Waals surface area contributed by atoms with Crippen LogP contribution in [0.25, 0.3) is 10.8 Å². The highest BCUT2D eigenvalue weighted by Gasteiger charge is 2.44. The fourth-order valence-corrected chi connectivity index (χ4v) is 7.09. The summed E-state index contributed by atoms with van der Waals surface area (Å²) >= 11 is 0. The molecule has 1 aliphatic carbocycles. The van der Waals surface area contributed by atoms with Gasteiger partial charge in [0.25, 0.3) is 0 Å². The van der Waals surface area contributed by atoms with Gasteiger partial charge in [-0.3, -0.25) is 9.69 Å². The van der Waals surface area contributed by atoms with Crippen LogP contribution in [0, 0.1) is 11.8 Å². The first-order valence-electron chi connectivity index (χ1n) is 13.7. The SMILES string of the molecule is C[C@@H](c1ccc2c(C(F)(F)F)c(OC3CCC(C(F)(F)F)CC3)ccc2c1)N1C2CCCC1CC(C(=O)O)C2. The van der Waals surface area contributed by atoms with Gasteiger partial charge in [-0.2, -0.15) is 26.3 Å². The Balaban J connectivity index is 1.40. The van der Waals surface area contributed by atoms with E-state index in [1.165, 1.54) is 12.1 Å². The first-order valence-corrected chi connectivity index (χ1v) is 13.7. The molecule has 0 aromatic heterocycles. The van der Waals surface area contributed by atoms with Crippen molar-refractivity contribution in [1.29, 1.82) is 0 Å². The van der Waals surface area contributed by atoms with Gasteiger partial charge in [0.2, 0.25) is 0 Å². The second kappa shape index (κ2) is 10.5. The number of hydrogen-bond donors (Lipinski definition) is 1. The van der Waals surface area contributed by atoms with Gasteiger partial charge in [0.1, 0.15) is 11.3 Å². The minimum atomic E-state index is -4.71. The van der Waals surface area contributed by atoms with Crippen molar-refractivity contribution in [3.63, 3.8) is 0 Å². The summed E-state index contributed by atoms with van der Waals surface area (Å²) in [5.41, 5.74) is -0.0447. The minimum absolute atomic E-state index is 0.00953. The predicted molar refractivity (Wildman–Crippen MR) is 133 cm³/mol. The van der Waals surface area contributed by atoms with Gasteiger partial charge >= 0.3 is 18.3 Å². The summed E-state index contributed by atoms with van der Waals surface area (Å²) in [5.74, 6) is -2.92. The molecule has 5 rings (SSSR count). The van der Waals surface area contributed by atoms with Crippen LogP contribution in [0.1, 0.15) is 81.9 Å². The number of fused-ring (bicyclic) bond motifs is 3. The summed E-state index contributed by atoms with van der Waals surface area (Å²) in [6, 6.07) is 7.92. The Morgan fingerprint density at radius 3 is 2.15 bits per heavy atom. The fraction of sp³-hybridized carbons (Fsp3) is 0.621. The number of carbonyl (C=O) groups is 1. The molecule has 4 nitrogen and oxygen atoms in total. The number of benzene rings is 2. The zero-order valence-corrected chi connectivity index (χ0v) is 21.7. The summed E-state index contributed by atoms with van der Waals surface area (Å²) in [4.78, 5) is 14.0. The van der Waals surface area contributed by atoms with Crippen molar-refractivity contribution in [3.8, 4) is 5.75 Å². The number of ether oxygens (including phenoxy) is 1. The van der Waals surface area contributed by atoms with Crippen LogP contribution in [-0.4, -0.2) is 40.3 Å². The lowest BCUT2D eigenvalue weighted by molar-refractivity contribution is -0.185. The maximum Gasteiger partial charge on any atom is 0.420 e. The van der Waals surface area contributed by atoms with E-state index in [0.29, 0.717) is 18.2 Å². The van der Waals surface area contributed by atoms with Crippen molar-refractivity contribution in [3.05, 3.63) is 41.5 Å². The minimum Gasteiger partial charge on any atom is -0.490 e. The number of carboxylic acids is 1. The summed E-state index contributed by atoms with van der Waals surface area (Å²) in [6.07, 6.45) is -5.91. The van der Waals surface area contributed by atoms with Gasteiger partial charge in [-0.05, 0) is 86.8 Å². The normalized spacial score (nSPS) is 29.3. The van der Waals surface area contributed by atoms with E-state index >= 15 is 0 Å². The van der Waals surface area contributed by atoms with Crippen LogP contribution < -0.4 is 4.74 Å². The van der Waals surface area contributed by atoms with Crippen LogP contribution in [0.3, 0.4) is 0 Å². The van der Waals surface area contributed by atoms with Gasteiger partial charge < -0.3 is 9.84 Å². The molecule has 2 saturated heterocycles. The molecular weight excluding hydrogens is 524 g/mol. The number of aliphatic carboxylic acids is 1. The first kappa shape index (κ1) is 28.1. The predicted octanol–water partition coefficient (Wildman–Crippen LogP) is 8.14. The Labute approximate surface area is 223 Å². The first-order chi connectivity index (χ1) is 18.3. The molecule has 10 heteroatoms. The summed E-state index contributed by atoms with van der Waals surface area (Å²) in [6.45, 7) is 2.02. The Kier molecular flexibility index (Phi) is 7.54. The molecule has 0 spiro atoms. The highest BCUT2D eigenvalue weighted by Crippen LogP contribution is 2.46. The van der Waals surface area contributed by atoms with E-state index in [1.54, 1.807) is 18.2 Å². The molecule has 2 aromatic rings. The zero-order chi connectivity index (χ0) is 28.1. The zero-order valence-electron chi connectivity index (χ0n) is 21.7. The summed E-state index contributed by atoms with van der Waals surface area (Å²) < 4.78 is 87.5. The van der Waals surface area contributed by atoms with Crippen LogP contribution >= 0.6 is 0 Å². The average molecular weight is 558 g/mol. The lowest BCUT2D eigenvalue weighted by Crippen LogP contribution is -2.53. The Morgan fingerprint density at radius 2 is 1.59 bits per heavy atom. The smallest absolute Gasteiger partial charge is 0.420 e. The molecule has 39 heavy (non-hydrogen) atoms. The summed E-state index contributed by atoms with van der Waals surface area (Å²) in [7, 11) is 0. The van der Waals surface area contributed by atoms with Gasteiger partial charge in [-0.25, -0.2) is 0 Å². The maximum absolute atomic E-state index is 14.3. The van der Waals surface area contributed by atoms with E-state index in [4.69, 9.17) is 4.74 Å². The van der Waals surface area contributed by atoms with Gasteiger partial charge in [-0.15, -0.1) is 0 Å². The summed E-state index contributed by atoms with van der Waals surface area (Å²) in [5, 5.41) is 9.95. The van der Waals surface area contributed by atoms with Crippen LogP contribution in [0.4, 0.5) is 26.3 Å². The number of halogens is 6. The van der Waals surface area contributed by atoms with Crippen molar-refractivity contribution in [2.75, 3.05) is 0 Å². The molecule has 1 N–H and O–H groups in total. The van der Waals surface area contributed by atoms with E-state index in [0.717, 1.165) is 24.8 Å². The highest BCUT2D eigenvalue weighted by atomic mass is 19.4. The molecule has 3 fully saturated rings. The quantitative estimate of drug-likeness (QED) is 0.377. The van der Waals surface area contributed by atoms with Crippen molar-refractivity contribution in [1.82, 2.24) is 4.90 Å². The standard InChI is InChI=1S/C29H33F6NO3/c1-16(36-21-3-2-4-22(36)15-19(14-21)27(37)38)17-5-11-24-18(13-17)6-12-25(26(24)29(33,34)35)39-23-9-7-20(8-10-23)28(30,31)32/h5-6,11-13,16,19-23H,2-4,7-10,14-15H2,1H3,(H,37,38)/t16-,19?,20?,21?,22?,23?/m0/s1. The maximum atomic E-state index is 14.3. The molecule has 2 bridgehead atoms. The molecule has 0 radical (unpaired) electrons. The molecule has 214 valence electrons. The largest absolute Gasteiger partial charge is 0.490 e. The molecule has 1 saturated carbocycles. The van der Waals surface area contributed by atoms with Crippen LogP contribution in [0.15, 0.2) is 30.3 Å².